The topological polar surface area (TPSA) is 17.1 Å². The minimum Gasteiger partial charge on any atom is -0.300 e. The Morgan fingerprint density at radius 2 is 1.06 bits per heavy atom. The zero-order valence-electron chi connectivity index (χ0n) is 10.2. The number of carbonyl (C=O) groups is 1. The predicted molar refractivity (Wildman–Crippen MR) is 71.8 cm³/mol. The monoisotopic (exact) mass is 224 g/mol. The van der Waals surface area contributed by atoms with E-state index in [2.05, 4.69) is 48.5 Å². The van der Waals surface area contributed by atoms with Gasteiger partial charge in [0.2, 0.25) is 0 Å². The largest absolute Gasteiger partial charge is 0.300 e. The lowest BCUT2D eigenvalue weighted by molar-refractivity contribution is -0.116. The Labute approximate surface area is 102 Å². The van der Waals surface area contributed by atoms with Gasteiger partial charge in [0.25, 0.3) is 0 Å². The number of Topliss-reactive ketones (excluding diaryl/α,β-unsaturated/α-hetero) is 1. The van der Waals surface area contributed by atoms with E-state index < -0.39 is 0 Å². The molecular weight excluding hydrogens is 208 g/mol. The standard InChI is InChI=1S/C12H8.C4H8O/c1-2-6-10-9(5-1)11-7-3-4-8-12(10)11;1-3-4(2)5/h1-8H;3H2,1-2H3. The van der Waals surface area contributed by atoms with E-state index in [0.717, 1.165) is 0 Å². The van der Waals surface area contributed by atoms with Crippen LogP contribution in [0.3, 0.4) is 0 Å². The van der Waals surface area contributed by atoms with Crippen LogP contribution in [-0.2, 0) is 4.79 Å². The Hall–Kier alpha value is -1.89. The summed E-state index contributed by atoms with van der Waals surface area (Å²) < 4.78 is 0. The minimum absolute atomic E-state index is 0.255. The second-order valence-corrected chi connectivity index (χ2v) is 4.15. The zero-order valence-corrected chi connectivity index (χ0v) is 10.2. The Bertz CT molecular complexity index is 441. The van der Waals surface area contributed by atoms with Gasteiger partial charge in [0.1, 0.15) is 5.78 Å². The minimum atomic E-state index is 0.255. The molecule has 0 unspecified atom stereocenters. The van der Waals surface area contributed by atoms with Crippen molar-refractivity contribution in [2.24, 2.45) is 0 Å². The average molecular weight is 224 g/mol. The van der Waals surface area contributed by atoms with Crippen molar-refractivity contribution in [3.05, 3.63) is 48.5 Å². The highest BCUT2D eigenvalue weighted by molar-refractivity contribution is 6.02. The molecule has 0 heterocycles. The van der Waals surface area contributed by atoms with Crippen LogP contribution in [0, 0.1) is 0 Å². The summed E-state index contributed by atoms with van der Waals surface area (Å²) >= 11 is 0. The van der Waals surface area contributed by atoms with E-state index in [1.165, 1.54) is 22.3 Å². The summed E-state index contributed by atoms with van der Waals surface area (Å²) in [6.07, 6.45) is 0.667. The smallest absolute Gasteiger partial charge is 0.129 e. The Balaban J connectivity index is 0.000000188. The Kier molecular flexibility index (Phi) is 3.38. The van der Waals surface area contributed by atoms with Gasteiger partial charge >= 0.3 is 0 Å². The van der Waals surface area contributed by atoms with E-state index in [1.807, 2.05) is 6.92 Å². The molecule has 0 fully saturated rings. The van der Waals surface area contributed by atoms with Crippen molar-refractivity contribution in [3.8, 4) is 22.3 Å². The van der Waals surface area contributed by atoms with Gasteiger partial charge in [-0.2, -0.15) is 0 Å². The molecule has 0 spiro atoms. The van der Waals surface area contributed by atoms with Crippen LogP contribution in [0.1, 0.15) is 20.3 Å². The maximum absolute atomic E-state index is 9.81. The number of benzene rings is 2. The maximum atomic E-state index is 9.81. The summed E-state index contributed by atoms with van der Waals surface area (Å²) in [6.45, 7) is 3.43. The van der Waals surface area contributed by atoms with Gasteiger partial charge in [0.05, 0.1) is 0 Å². The number of ketones is 1. The predicted octanol–water partition coefficient (Wildman–Crippen LogP) is 4.32. The van der Waals surface area contributed by atoms with E-state index in [4.69, 9.17) is 0 Å². The highest BCUT2D eigenvalue weighted by Gasteiger charge is 2.19. The fraction of sp³-hybridized carbons (Fsp3) is 0.188. The third-order valence-corrected chi connectivity index (χ3v) is 2.93. The molecule has 0 N–H and O–H groups in total. The van der Waals surface area contributed by atoms with Crippen molar-refractivity contribution >= 4 is 5.78 Å². The van der Waals surface area contributed by atoms with E-state index in [0.29, 0.717) is 6.42 Å². The van der Waals surface area contributed by atoms with Crippen molar-refractivity contribution < 1.29 is 4.79 Å². The number of rotatable bonds is 1. The molecule has 2 aromatic rings. The first-order chi connectivity index (χ1) is 8.24. The Morgan fingerprint density at radius 3 is 1.24 bits per heavy atom. The van der Waals surface area contributed by atoms with Crippen molar-refractivity contribution in [3.63, 3.8) is 0 Å². The van der Waals surface area contributed by atoms with Crippen LogP contribution < -0.4 is 0 Å². The van der Waals surface area contributed by atoms with Crippen LogP contribution in [0.5, 0.6) is 0 Å². The van der Waals surface area contributed by atoms with Gasteiger partial charge < -0.3 is 4.79 Å². The molecule has 1 aliphatic rings. The van der Waals surface area contributed by atoms with E-state index in [9.17, 15) is 4.79 Å². The van der Waals surface area contributed by atoms with Gasteiger partial charge in [0.15, 0.2) is 0 Å². The molecule has 2 aromatic carbocycles. The van der Waals surface area contributed by atoms with E-state index >= 15 is 0 Å². The van der Waals surface area contributed by atoms with Gasteiger partial charge in [-0.05, 0) is 29.2 Å². The molecule has 0 aromatic heterocycles. The molecule has 0 saturated heterocycles. The first kappa shape index (κ1) is 11.6. The van der Waals surface area contributed by atoms with Crippen LogP contribution >= 0.6 is 0 Å². The van der Waals surface area contributed by atoms with Crippen LogP contribution in [0.4, 0.5) is 0 Å². The number of fused-ring (bicyclic) bond motifs is 4. The first-order valence-corrected chi connectivity index (χ1v) is 5.92. The molecule has 0 bridgehead atoms. The molecule has 1 heteroatoms. The fourth-order valence-electron chi connectivity index (χ4n) is 1.84. The van der Waals surface area contributed by atoms with Gasteiger partial charge in [-0.15, -0.1) is 0 Å². The number of carbonyl (C=O) groups excluding carboxylic acids is 1. The van der Waals surface area contributed by atoms with Crippen molar-refractivity contribution in [2.75, 3.05) is 0 Å². The summed E-state index contributed by atoms with van der Waals surface area (Å²) in [5.41, 5.74) is 5.59. The summed E-state index contributed by atoms with van der Waals surface area (Å²) in [7, 11) is 0. The second-order valence-electron chi connectivity index (χ2n) is 4.15. The van der Waals surface area contributed by atoms with Crippen molar-refractivity contribution in [1.82, 2.24) is 0 Å². The molecule has 3 rings (SSSR count). The van der Waals surface area contributed by atoms with Gasteiger partial charge in [-0.3, -0.25) is 0 Å². The number of hydrogen-bond acceptors (Lipinski definition) is 1. The second kappa shape index (κ2) is 4.96. The lowest BCUT2D eigenvalue weighted by Crippen LogP contribution is -1.96. The molecule has 0 atom stereocenters. The van der Waals surface area contributed by atoms with Crippen LogP contribution in [0.25, 0.3) is 22.3 Å². The summed E-state index contributed by atoms with van der Waals surface area (Å²) in [5, 5.41) is 0. The zero-order chi connectivity index (χ0) is 12.3. The molecule has 0 saturated carbocycles. The number of hydrogen-bond donors (Lipinski definition) is 0. The van der Waals surface area contributed by atoms with E-state index in [1.54, 1.807) is 6.92 Å². The summed E-state index contributed by atoms with van der Waals surface area (Å²) in [5.74, 6) is 0.255. The maximum Gasteiger partial charge on any atom is 0.129 e. The quantitative estimate of drug-likeness (QED) is 0.601. The van der Waals surface area contributed by atoms with Crippen LogP contribution in [-0.4, -0.2) is 5.78 Å². The fourth-order valence-corrected chi connectivity index (χ4v) is 1.84. The van der Waals surface area contributed by atoms with Crippen LogP contribution in [0.2, 0.25) is 0 Å². The highest BCUT2D eigenvalue weighted by atomic mass is 16.1. The third kappa shape index (κ3) is 2.28. The van der Waals surface area contributed by atoms with Crippen molar-refractivity contribution in [1.29, 1.82) is 0 Å². The highest BCUT2D eigenvalue weighted by Crippen LogP contribution is 2.46. The lowest BCUT2D eigenvalue weighted by atomic mass is 9.81. The summed E-state index contributed by atoms with van der Waals surface area (Å²) in [4.78, 5) is 9.81. The molecule has 86 valence electrons. The molecule has 0 radical (unpaired) electrons. The van der Waals surface area contributed by atoms with Gasteiger partial charge in [-0.25, -0.2) is 0 Å². The molecule has 0 amide bonds. The lowest BCUT2D eigenvalue weighted by Gasteiger charge is -2.22. The summed E-state index contributed by atoms with van der Waals surface area (Å²) in [6, 6.07) is 17.1. The SMILES string of the molecule is CCC(C)=O.c1ccc2c(c1)-c1ccccc1-2. The van der Waals surface area contributed by atoms with Gasteiger partial charge in [0, 0.05) is 6.42 Å². The first-order valence-electron chi connectivity index (χ1n) is 5.92. The molecule has 1 aliphatic carbocycles. The Morgan fingerprint density at radius 1 is 0.824 bits per heavy atom. The molecule has 1 nitrogen and oxygen atoms in total. The van der Waals surface area contributed by atoms with E-state index in [-0.39, 0.29) is 5.78 Å². The molecule has 17 heavy (non-hydrogen) atoms. The third-order valence-electron chi connectivity index (χ3n) is 2.93. The molecule has 0 aliphatic heterocycles. The van der Waals surface area contributed by atoms with Crippen molar-refractivity contribution in [2.45, 2.75) is 20.3 Å². The normalized spacial score (nSPS) is 10.2. The van der Waals surface area contributed by atoms with Crippen LogP contribution in [0.15, 0.2) is 48.5 Å². The molecular formula is C16H16O. The average Bonchev–Trinajstić information content (AvgIpc) is 2.36. The van der Waals surface area contributed by atoms with Gasteiger partial charge in [-0.1, -0.05) is 55.5 Å².